The van der Waals surface area contributed by atoms with Crippen molar-refractivity contribution in [3.63, 3.8) is 0 Å². The van der Waals surface area contributed by atoms with Crippen molar-refractivity contribution in [2.24, 2.45) is 0 Å². The summed E-state index contributed by atoms with van der Waals surface area (Å²) in [6.45, 7) is 0. The van der Waals surface area contributed by atoms with Crippen LogP contribution in [0.3, 0.4) is 0 Å². The number of pyridine rings is 1. The number of benzene rings is 2. The van der Waals surface area contributed by atoms with Crippen LogP contribution in [0.5, 0.6) is 0 Å². The lowest BCUT2D eigenvalue weighted by atomic mass is 9.91. The van der Waals surface area contributed by atoms with Crippen molar-refractivity contribution in [1.29, 1.82) is 10.5 Å². The number of hydrogen-bond acceptors (Lipinski definition) is 3. The SMILES string of the molecule is N#CC=C1C(=C2\c3ccccc3-c3ncccc32)/C(=C/C#N)c2cc(F)cc(F)c21. The van der Waals surface area contributed by atoms with E-state index in [1.54, 1.807) is 12.3 Å². The Hall–Kier alpha value is -4.35. The highest BCUT2D eigenvalue weighted by Gasteiger charge is 2.36. The second kappa shape index (κ2) is 6.62. The minimum absolute atomic E-state index is 0.122. The molecule has 2 aliphatic carbocycles. The average Bonchev–Trinajstić information content (AvgIpc) is 3.22. The van der Waals surface area contributed by atoms with Gasteiger partial charge in [-0.3, -0.25) is 4.98 Å². The van der Waals surface area contributed by atoms with Crippen molar-refractivity contribution in [1.82, 2.24) is 4.98 Å². The Morgan fingerprint density at radius 2 is 1.47 bits per heavy atom. The van der Waals surface area contributed by atoms with Crippen molar-refractivity contribution in [2.75, 3.05) is 0 Å². The summed E-state index contributed by atoms with van der Waals surface area (Å²) in [5.41, 5.74) is 5.71. The van der Waals surface area contributed by atoms with Gasteiger partial charge in [-0.25, -0.2) is 8.78 Å². The molecular formula is C25H11F2N3. The van der Waals surface area contributed by atoms with Crippen molar-refractivity contribution < 1.29 is 8.78 Å². The largest absolute Gasteiger partial charge is 0.256 e. The highest BCUT2D eigenvalue weighted by Crippen LogP contribution is 2.54. The van der Waals surface area contributed by atoms with Gasteiger partial charge in [0, 0.05) is 63.4 Å². The Morgan fingerprint density at radius 1 is 0.767 bits per heavy atom. The number of fused-ring (bicyclic) bond motifs is 4. The predicted molar refractivity (Wildman–Crippen MR) is 109 cm³/mol. The van der Waals surface area contributed by atoms with E-state index in [1.807, 2.05) is 42.5 Å². The molecule has 0 N–H and O–H groups in total. The molecule has 0 saturated heterocycles. The summed E-state index contributed by atoms with van der Waals surface area (Å²) < 4.78 is 28.9. The Balaban J connectivity index is 1.98. The lowest BCUT2D eigenvalue weighted by Gasteiger charge is -2.11. The van der Waals surface area contributed by atoms with E-state index < -0.39 is 11.6 Å². The molecule has 1 aromatic heterocycles. The third kappa shape index (κ3) is 2.36. The van der Waals surface area contributed by atoms with Gasteiger partial charge in [0.25, 0.3) is 0 Å². The van der Waals surface area contributed by atoms with Gasteiger partial charge >= 0.3 is 0 Å². The normalized spacial score (nSPS) is 18.7. The summed E-state index contributed by atoms with van der Waals surface area (Å²) in [7, 11) is 0. The smallest absolute Gasteiger partial charge is 0.134 e. The fraction of sp³-hybridized carbons (Fsp3) is 0. The lowest BCUT2D eigenvalue weighted by Crippen LogP contribution is -1.92. The zero-order chi connectivity index (χ0) is 20.8. The second-order valence-electron chi connectivity index (χ2n) is 6.88. The first-order chi connectivity index (χ1) is 14.7. The molecule has 0 bridgehead atoms. The average molecular weight is 391 g/mol. The van der Waals surface area contributed by atoms with Crippen LogP contribution in [-0.4, -0.2) is 4.98 Å². The fourth-order valence-electron chi connectivity index (χ4n) is 4.30. The predicted octanol–water partition coefficient (Wildman–Crippen LogP) is 5.67. The van der Waals surface area contributed by atoms with Crippen LogP contribution in [0.25, 0.3) is 28.0 Å². The quantitative estimate of drug-likeness (QED) is 0.363. The monoisotopic (exact) mass is 391 g/mol. The van der Waals surface area contributed by atoms with Crippen molar-refractivity contribution in [3.8, 4) is 23.4 Å². The van der Waals surface area contributed by atoms with Crippen molar-refractivity contribution >= 4 is 16.7 Å². The first kappa shape index (κ1) is 17.7. The summed E-state index contributed by atoms with van der Waals surface area (Å²) in [4.78, 5) is 4.51. The van der Waals surface area contributed by atoms with E-state index in [-0.39, 0.29) is 11.1 Å². The van der Waals surface area contributed by atoms with Crippen LogP contribution < -0.4 is 0 Å². The molecule has 2 aliphatic rings. The summed E-state index contributed by atoms with van der Waals surface area (Å²) in [5, 5.41) is 18.8. The number of rotatable bonds is 0. The van der Waals surface area contributed by atoms with Gasteiger partial charge in [0.2, 0.25) is 0 Å². The van der Waals surface area contributed by atoms with Crippen LogP contribution in [-0.2, 0) is 0 Å². The molecule has 5 heteroatoms. The first-order valence-corrected chi connectivity index (χ1v) is 9.15. The Kier molecular flexibility index (Phi) is 3.91. The molecule has 5 rings (SSSR count). The summed E-state index contributed by atoms with van der Waals surface area (Å²) >= 11 is 0. The van der Waals surface area contributed by atoms with Gasteiger partial charge in [0.15, 0.2) is 0 Å². The van der Waals surface area contributed by atoms with Crippen molar-refractivity contribution in [3.05, 3.63) is 106 Å². The molecule has 30 heavy (non-hydrogen) atoms. The molecule has 1 heterocycles. The molecule has 0 amide bonds. The minimum atomic E-state index is -0.774. The van der Waals surface area contributed by atoms with Crippen LogP contribution in [0.15, 0.2) is 72.5 Å². The molecular weight excluding hydrogens is 380 g/mol. The number of hydrogen-bond donors (Lipinski definition) is 0. The molecule has 0 saturated carbocycles. The first-order valence-electron chi connectivity index (χ1n) is 9.15. The summed E-state index contributed by atoms with van der Waals surface area (Å²) in [6, 6.07) is 17.3. The Bertz CT molecular complexity index is 1380. The highest BCUT2D eigenvalue weighted by atomic mass is 19.1. The molecule has 0 radical (unpaired) electrons. The number of aromatic nitrogens is 1. The molecule has 0 unspecified atom stereocenters. The number of nitriles is 2. The molecule has 3 aromatic rings. The Morgan fingerprint density at radius 3 is 2.23 bits per heavy atom. The molecule has 0 atom stereocenters. The highest BCUT2D eigenvalue weighted by molar-refractivity contribution is 6.19. The number of nitrogens with zero attached hydrogens (tertiary/aromatic N) is 3. The molecule has 3 nitrogen and oxygen atoms in total. The zero-order valence-electron chi connectivity index (χ0n) is 15.4. The van der Waals surface area contributed by atoms with Gasteiger partial charge in [-0.15, -0.1) is 0 Å². The van der Waals surface area contributed by atoms with E-state index in [0.717, 1.165) is 34.0 Å². The van der Waals surface area contributed by atoms with E-state index in [9.17, 15) is 19.3 Å². The minimum Gasteiger partial charge on any atom is -0.256 e. The van der Waals surface area contributed by atoms with E-state index in [4.69, 9.17) is 0 Å². The zero-order valence-corrected chi connectivity index (χ0v) is 15.4. The molecule has 0 spiro atoms. The van der Waals surface area contributed by atoms with Gasteiger partial charge < -0.3 is 0 Å². The van der Waals surface area contributed by atoms with Gasteiger partial charge in [-0.1, -0.05) is 30.3 Å². The van der Waals surface area contributed by atoms with Gasteiger partial charge in [-0.2, -0.15) is 10.5 Å². The maximum Gasteiger partial charge on any atom is 0.134 e. The molecule has 0 fully saturated rings. The van der Waals surface area contributed by atoms with Gasteiger partial charge in [0.1, 0.15) is 11.6 Å². The van der Waals surface area contributed by atoms with Crippen LogP contribution in [0.2, 0.25) is 0 Å². The van der Waals surface area contributed by atoms with Crippen LogP contribution in [0.4, 0.5) is 8.78 Å². The molecule has 2 aromatic carbocycles. The van der Waals surface area contributed by atoms with Crippen LogP contribution in [0.1, 0.15) is 22.3 Å². The topological polar surface area (TPSA) is 60.5 Å². The fourth-order valence-corrected chi connectivity index (χ4v) is 4.30. The lowest BCUT2D eigenvalue weighted by molar-refractivity contribution is 0.581. The van der Waals surface area contributed by atoms with E-state index in [0.29, 0.717) is 16.7 Å². The van der Waals surface area contributed by atoms with Crippen LogP contribution >= 0.6 is 0 Å². The van der Waals surface area contributed by atoms with E-state index >= 15 is 0 Å². The number of halogens is 2. The Labute approximate surface area is 171 Å². The standard InChI is InChI=1S/C25H11F2N3/c26-14-12-20-16(7-9-28)23(18(8-10-29)22(20)21(27)13-14)24-15-4-1-2-5-17(15)25-19(24)6-3-11-30-25/h1-8,11-13H/b16-7+,18-8?,24-23+. The van der Waals surface area contributed by atoms with Crippen molar-refractivity contribution in [2.45, 2.75) is 0 Å². The third-order valence-electron chi connectivity index (χ3n) is 5.35. The maximum atomic E-state index is 14.9. The van der Waals surface area contributed by atoms with E-state index in [2.05, 4.69) is 4.98 Å². The summed E-state index contributed by atoms with van der Waals surface area (Å²) in [6.07, 6.45) is 4.21. The van der Waals surface area contributed by atoms with E-state index in [1.165, 1.54) is 18.2 Å². The van der Waals surface area contributed by atoms with Crippen LogP contribution in [0, 0.1) is 34.3 Å². The molecule has 140 valence electrons. The van der Waals surface area contributed by atoms with Gasteiger partial charge in [0.05, 0.1) is 17.8 Å². The third-order valence-corrected chi connectivity index (χ3v) is 5.35. The van der Waals surface area contributed by atoms with Gasteiger partial charge in [-0.05, 0) is 23.3 Å². The maximum absolute atomic E-state index is 14.9. The second-order valence-corrected chi connectivity index (χ2v) is 6.88. The summed E-state index contributed by atoms with van der Waals surface area (Å²) in [5.74, 6) is -1.52. The number of allylic oxidation sites excluding steroid dienone is 5. The molecule has 0 aliphatic heterocycles.